The summed E-state index contributed by atoms with van der Waals surface area (Å²) in [6.07, 6.45) is 0.514. The third-order valence-electron chi connectivity index (χ3n) is 4.39. The molecule has 1 aliphatic heterocycles. The maximum absolute atomic E-state index is 13.1. The fourth-order valence-electron chi connectivity index (χ4n) is 3.07. The van der Waals surface area contributed by atoms with Gasteiger partial charge in [0, 0.05) is 43.6 Å². The van der Waals surface area contributed by atoms with Crippen molar-refractivity contribution in [1.82, 2.24) is 14.9 Å². The fourth-order valence-corrected chi connectivity index (χ4v) is 3.07. The number of nitrogens with one attached hydrogen (secondary N) is 1. The van der Waals surface area contributed by atoms with E-state index in [0.29, 0.717) is 31.4 Å². The third-order valence-corrected chi connectivity index (χ3v) is 4.39. The van der Waals surface area contributed by atoms with Crippen LogP contribution in [0.3, 0.4) is 0 Å². The summed E-state index contributed by atoms with van der Waals surface area (Å²) < 4.78 is 18.6. The van der Waals surface area contributed by atoms with Crippen molar-refractivity contribution >= 4 is 23.5 Å². The van der Waals surface area contributed by atoms with Gasteiger partial charge >= 0.3 is 6.09 Å². The van der Waals surface area contributed by atoms with Crippen molar-refractivity contribution in [3.8, 4) is 0 Å². The average molecular weight is 401 g/mol. The lowest BCUT2D eigenvalue weighted by Crippen LogP contribution is -2.39. The van der Waals surface area contributed by atoms with Crippen LogP contribution in [0.2, 0.25) is 0 Å². The van der Waals surface area contributed by atoms with Gasteiger partial charge in [0.15, 0.2) is 0 Å². The summed E-state index contributed by atoms with van der Waals surface area (Å²) in [6, 6.07) is 7.97. The molecule has 0 spiro atoms. The molecule has 1 N–H and O–H groups in total. The van der Waals surface area contributed by atoms with Gasteiger partial charge in [-0.1, -0.05) is 0 Å². The second kappa shape index (κ2) is 8.63. The second-order valence-corrected chi connectivity index (χ2v) is 8.13. The maximum Gasteiger partial charge on any atom is 0.410 e. The van der Waals surface area contributed by atoms with Crippen molar-refractivity contribution in [2.75, 3.05) is 36.4 Å². The molecule has 0 aliphatic carbocycles. The van der Waals surface area contributed by atoms with E-state index in [-0.39, 0.29) is 11.9 Å². The van der Waals surface area contributed by atoms with Crippen molar-refractivity contribution in [2.45, 2.75) is 39.7 Å². The zero-order valence-corrected chi connectivity index (χ0v) is 17.4. The predicted molar refractivity (Wildman–Crippen MR) is 111 cm³/mol. The minimum atomic E-state index is -0.510. The first kappa shape index (κ1) is 20.8. The number of nitrogens with zero attached hydrogens (tertiary/aromatic N) is 4. The van der Waals surface area contributed by atoms with Crippen LogP contribution in [-0.2, 0) is 4.74 Å². The molecule has 1 aromatic carbocycles. The molecule has 0 bridgehead atoms. The Hall–Kier alpha value is -2.90. The standard InChI is InChI=1S/C21H28FN5O2/c1-15-14-18(24-17-8-6-16(22)7-9-17)25-19(23-15)26-10-5-11-27(13-12-26)20(28)29-21(2,3)4/h6-9,14H,5,10-13H2,1-4H3,(H,23,24,25). The summed E-state index contributed by atoms with van der Waals surface area (Å²) in [6.45, 7) is 10.1. The molecule has 1 aromatic heterocycles. The van der Waals surface area contributed by atoms with Crippen LogP contribution in [0.1, 0.15) is 32.9 Å². The molecule has 3 rings (SSSR count). The molecule has 29 heavy (non-hydrogen) atoms. The van der Waals surface area contributed by atoms with E-state index in [1.54, 1.807) is 17.0 Å². The largest absolute Gasteiger partial charge is 0.444 e. The SMILES string of the molecule is Cc1cc(Nc2ccc(F)cc2)nc(N2CCCN(C(=O)OC(C)(C)C)CC2)n1. The summed E-state index contributed by atoms with van der Waals surface area (Å²) in [5.74, 6) is 0.974. The number of anilines is 3. The molecule has 1 fully saturated rings. The molecular weight excluding hydrogens is 373 g/mol. The molecule has 1 saturated heterocycles. The number of benzene rings is 1. The molecule has 7 nitrogen and oxygen atoms in total. The average Bonchev–Trinajstić information content (AvgIpc) is 2.88. The van der Waals surface area contributed by atoms with Gasteiger partial charge in [-0.15, -0.1) is 0 Å². The number of carbonyl (C=O) groups is 1. The fraction of sp³-hybridized carbons (Fsp3) is 0.476. The second-order valence-electron chi connectivity index (χ2n) is 8.13. The summed E-state index contributed by atoms with van der Waals surface area (Å²) in [4.78, 5) is 25.4. The molecule has 156 valence electrons. The van der Waals surface area contributed by atoms with Crippen molar-refractivity contribution in [1.29, 1.82) is 0 Å². The van der Waals surface area contributed by atoms with Crippen molar-refractivity contribution in [3.05, 3.63) is 41.8 Å². The zero-order chi connectivity index (χ0) is 21.0. The van der Waals surface area contributed by atoms with Gasteiger partial charge in [-0.3, -0.25) is 0 Å². The first-order chi connectivity index (χ1) is 13.7. The van der Waals surface area contributed by atoms with Crippen LogP contribution in [0.25, 0.3) is 0 Å². The van der Waals surface area contributed by atoms with Gasteiger partial charge in [0.25, 0.3) is 0 Å². The quantitative estimate of drug-likeness (QED) is 0.834. The molecule has 1 aliphatic rings. The van der Waals surface area contributed by atoms with E-state index in [9.17, 15) is 9.18 Å². The Balaban J connectivity index is 1.69. The number of amides is 1. The van der Waals surface area contributed by atoms with Crippen LogP contribution < -0.4 is 10.2 Å². The van der Waals surface area contributed by atoms with E-state index in [4.69, 9.17) is 4.74 Å². The summed E-state index contributed by atoms with van der Waals surface area (Å²) >= 11 is 0. The zero-order valence-electron chi connectivity index (χ0n) is 17.4. The minimum absolute atomic E-state index is 0.283. The molecule has 2 aromatic rings. The Morgan fingerprint density at radius 3 is 2.52 bits per heavy atom. The van der Waals surface area contributed by atoms with E-state index in [1.807, 2.05) is 33.8 Å². The molecule has 0 unspecified atom stereocenters. The number of halogens is 1. The van der Waals surface area contributed by atoms with Crippen LogP contribution in [0.5, 0.6) is 0 Å². The Kier molecular flexibility index (Phi) is 6.20. The summed E-state index contributed by atoms with van der Waals surface area (Å²) in [7, 11) is 0. The van der Waals surface area contributed by atoms with Gasteiger partial charge in [0.2, 0.25) is 5.95 Å². The highest BCUT2D eigenvalue weighted by Gasteiger charge is 2.25. The minimum Gasteiger partial charge on any atom is -0.444 e. The summed E-state index contributed by atoms with van der Waals surface area (Å²) in [5, 5.41) is 3.19. The monoisotopic (exact) mass is 401 g/mol. The molecule has 0 atom stereocenters. The van der Waals surface area contributed by atoms with Gasteiger partial charge in [-0.2, -0.15) is 4.98 Å². The first-order valence-electron chi connectivity index (χ1n) is 9.81. The number of ether oxygens (including phenoxy) is 1. The van der Waals surface area contributed by atoms with E-state index in [1.165, 1.54) is 12.1 Å². The van der Waals surface area contributed by atoms with Gasteiger partial charge in [-0.05, 0) is 58.4 Å². The normalized spacial score (nSPS) is 15.1. The highest BCUT2D eigenvalue weighted by Crippen LogP contribution is 2.20. The van der Waals surface area contributed by atoms with Crippen LogP contribution in [0, 0.1) is 12.7 Å². The molecule has 8 heteroatoms. The number of hydrogen-bond acceptors (Lipinski definition) is 6. The smallest absolute Gasteiger partial charge is 0.410 e. The summed E-state index contributed by atoms with van der Waals surface area (Å²) in [5.41, 5.74) is 1.07. The predicted octanol–water partition coefficient (Wildman–Crippen LogP) is 4.11. The number of carbonyl (C=O) groups excluding carboxylic acids is 1. The first-order valence-corrected chi connectivity index (χ1v) is 9.81. The maximum atomic E-state index is 13.1. The Bertz CT molecular complexity index is 851. The van der Waals surface area contributed by atoms with E-state index in [0.717, 1.165) is 24.3 Å². The number of rotatable bonds is 3. The third kappa shape index (κ3) is 6.04. The van der Waals surface area contributed by atoms with Gasteiger partial charge in [0.05, 0.1) is 0 Å². The number of aromatic nitrogens is 2. The Morgan fingerprint density at radius 2 is 1.83 bits per heavy atom. The van der Waals surface area contributed by atoms with Crippen LogP contribution >= 0.6 is 0 Å². The van der Waals surface area contributed by atoms with E-state index < -0.39 is 5.60 Å². The van der Waals surface area contributed by atoms with Crippen molar-refractivity contribution < 1.29 is 13.9 Å². The lowest BCUT2D eigenvalue weighted by Gasteiger charge is -2.26. The lowest BCUT2D eigenvalue weighted by molar-refractivity contribution is 0.0263. The van der Waals surface area contributed by atoms with E-state index in [2.05, 4.69) is 20.2 Å². The van der Waals surface area contributed by atoms with E-state index >= 15 is 0 Å². The van der Waals surface area contributed by atoms with Gasteiger partial charge < -0.3 is 19.9 Å². The molecule has 0 saturated carbocycles. The number of hydrogen-bond donors (Lipinski definition) is 1. The van der Waals surface area contributed by atoms with Gasteiger partial charge in [0.1, 0.15) is 17.2 Å². The topological polar surface area (TPSA) is 70.6 Å². The van der Waals surface area contributed by atoms with Gasteiger partial charge in [-0.25, -0.2) is 14.2 Å². The van der Waals surface area contributed by atoms with Crippen molar-refractivity contribution in [2.24, 2.45) is 0 Å². The Labute approximate surface area is 170 Å². The van der Waals surface area contributed by atoms with Crippen molar-refractivity contribution in [3.63, 3.8) is 0 Å². The number of aryl methyl sites for hydroxylation is 1. The van der Waals surface area contributed by atoms with Crippen LogP contribution in [-0.4, -0.2) is 52.7 Å². The lowest BCUT2D eigenvalue weighted by atomic mass is 10.2. The highest BCUT2D eigenvalue weighted by atomic mass is 19.1. The molecular formula is C21H28FN5O2. The van der Waals surface area contributed by atoms with Crippen LogP contribution in [0.15, 0.2) is 30.3 Å². The molecule has 2 heterocycles. The molecule has 1 amide bonds. The Morgan fingerprint density at radius 1 is 1.10 bits per heavy atom. The highest BCUT2D eigenvalue weighted by molar-refractivity contribution is 5.68. The molecule has 0 radical (unpaired) electrons. The van der Waals surface area contributed by atoms with Crippen LogP contribution in [0.4, 0.5) is 26.6 Å².